The SMILES string of the molecule is CC(=O)O[C@H]1CC=C(C)[C@@H]2[C@H](O)[C@@]3(O)[C@H](/C=C(/C)[C@H](OC(C)=O)C[C@H](OC(C)=O)[C@@]12C)OC(=O)[C@@H]3C. The highest BCUT2D eigenvalue weighted by atomic mass is 16.6. The second-order valence-corrected chi connectivity index (χ2v) is 10.4. The molecule has 0 bridgehead atoms. The molecule has 3 rings (SSSR count). The molecule has 0 amide bonds. The molecule has 10 heteroatoms. The minimum Gasteiger partial charge on any atom is -0.462 e. The summed E-state index contributed by atoms with van der Waals surface area (Å²) in [4.78, 5) is 49.0. The van der Waals surface area contributed by atoms with Crippen LogP contribution in [0.25, 0.3) is 0 Å². The smallest absolute Gasteiger partial charge is 0.312 e. The molecular weight excluding hydrogens is 472 g/mol. The van der Waals surface area contributed by atoms with Crippen molar-refractivity contribution < 1.29 is 48.3 Å². The van der Waals surface area contributed by atoms with Crippen LogP contribution >= 0.6 is 0 Å². The van der Waals surface area contributed by atoms with E-state index in [0.717, 1.165) is 0 Å². The first-order valence-corrected chi connectivity index (χ1v) is 12.1. The van der Waals surface area contributed by atoms with Crippen molar-refractivity contribution in [1.29, 1.82) is 0 Å². The normalized spacial score (nSPS) is 41.9. The van der Waals surface area contributed by atoms with E-state index in [1.165, 1.54) is 33.8 Å². The Hall–Kier alpha value is -2.72. The van der Waals surface area contributed by atoms with Crippen molar-refractivity contribution in [3.8, 4) is 0 Å². The summed E-state index contributed by atoms with van der Waals surface area (Å²) in [5, 5.41) is 23.8. The Morgan fingerprint density at radius 2 is 1.56 bits per heavy atom. The Kier molecular flexibility index (Phi) is 7.72. The number of carbonyl (C=O) groups excluding carboxylic acids is 4. The van der Waals surface area contributed by atoms with Crippen LogP contribution in [0, 0.1) is 17.3 Å². The molecule has 200 valence electrons. The van der Waals surface area contributed by atoms with Gasteiger partial charge in [0.05, 0.1) is 17.4 Å². The first kappa shape index (κ1) is 27.9. The fraction of sp³-hybridized carbons (Fsp3) is 0.692. The third-order valence-electron chi connectivity index (χ3n) is 8.01. The van der Waals surface area contributed by atoms with Crippen LogP contribution in [0.2, 0.25) is 0 Å². The fourth-order valence-electron chi connectivity index (χ4n) is 6.05. The lowest BCUT2D eigenvalue weighted by Gasteiger charge is -2.54. The first-order chi connectivity index (χ1) is 16.6. The Bertz CT molecular complexity index is 999. The maximum absolute atomic E-state index is 12.6. The lowest BCUT2D eigenvalue weighted by Crippen LogP contribution is -2.64. The summed E-state index contributed by atoms with van der Waals surface area (Å²) in [6.45, 7) is 10.3. The van der Waals surface area contributed by atoms with Crippen LogP contribution < -0.4 is 0 Å². The minimum absolute atomic E-state index is 0.0130. The van der Waals surface area contributed by atoms with Gasteiger partial charge < -0.3 is 29.2 Å². The van der Waals surface area contributed by atoms with Crippen molar-refractivity contribution in [2.24, 2.45) is 17.3 Å². The van der Waals surface area contributed by atoms with E-state index in [9.17, 15) is 29.4 Å². The Morgan fingerprint density at radius 3 is 2.11 bits per heavy atom. The van der Waals surface area contributed by atoms with Gasteiger partial charge in [-0.25, -0.2) is 0 Å². The van der Waals surface area contributed by atoms with Crippen molar-refractivity contribution in [3.63, 3.8) is 0 Å². The molecular formula is C26H36O10. The van der Waals surface area contributed by atoms with Gasteiger partial charge in [-0.3, -0.25) is 19.2 Å². The zero-order valence-electron chi connectivity index (χ0n) is 21.8. The monoisotopic (exact) mass is 508 g/mol. The van der Waals surface area contributed by atoms with Crippen LogP contribution in [0.1, 0.15) is 61.3 Å². The predicted molar refractivity (Wildman–Crippen MR) is 125 cm³/mol. The molecule has 0 unspecified atom stereocenters. The number of hydrogen-bond donors (Lipinski definition) is 2. The standard InChI is InChI=1S/C26H36O10/c1-12-8-9-19(34-16(5)28)25(7)20(35-17(6)29)11-18(33-15(4)27)13(2)10-21-26(32,23(30)22(12)25)14(3)24(31)36-21/h8,10,14,18-23,30,32H,9,11H2,1-7H3/b13-10-/t14-,18+,19-,20-,21-,22+,23-,25+,26-/m0/s1. The third kappa shape index (κ3) is 4.68. The number of ether oxygens (including phenoxy) is 4. The van der Waals surface area contributed by atoms with Gasteiger partial charge in [0.1, 0.15) is 23.9 Å². The van der Waals surface area contributed by atoms with Crippen LogP contribution in [0.15, 0.2) is 23.3 Å². The van der Waals surface area contributed by atoms with Crippen molar-refractivity contribution >= 4 is 23.9 Å². The fourth-order valence-corrected chi connectivity index (χ4v) is 6.05. The van der Waals surface area contributed by atoms with Crippen LogP contribution in [-0.4, -0.2) is 70.2 Å². The summed E-state index contributed by atoms with van der Waals surface area (Å²) in [6.07, 6.45) is -2.07. The molecule has 3 aliphatic rings. The van der Waals surface area contributed by atoms with E-state index in [0.29, 0.717) is 11.1 Å². The van der Waals surface area contributed by atoms with Crippen molar-refractivity contribution in [1.82, 2.24) is 0 Å². The lowest BCUT2D eigenvalue weighted by atomic mass is 9.56. The molecule has 10 nitrogen and oxygen atoms in total. The summed E-state index contributed by atoms with van der Waals surface area (Å²) in [6, 6.07) is 0. The maximum atomic E-state index is 12.6. The molecule has 2 N–H and O–H groups in total. The van der Waals surface area contributed by atoms with Gasteiger partial charge in [-0.05, 0) is 32.4 Å². The van der Waals surface area contributed by atoms with Crippen LogP contribution in [0.3, 0.4) is 0 Å². The second-order valence-electron chi connectivity index (χ2n) is 10.4. The molecule has 0 radical (unpaired) electrons. The molecule has 0 spiro atoms. The largest absolute Gasteiger partial charge is 0.462 e. The Balaban J connectivity index is 2.33. The van der Waals surface area contributed by atoms with E-state index < -0.39 is 77.2 Å². The minimum atomic E-state index is -2.07. The quantitative estimate of drug-likeness (QED) is 0.328. The van der Waals surface area contributed by atoms with Crippen molar-refractivity contribution in [2.45, 2.75) is 97.4 Å². The van der Waals surface area contributed by atoms with E-state index in [2.05, 4.69) is 0 Å². The van der Waals surface area contributed by atoms with Crippen LogP contribution in [0.5, 0.6) is 0 Å². The predicted octanol–water partition coefficient (Wildman–Crippen LogP) is 1.76. The van der Waals surface area contributed by atoms with Gasteiger partial charge in [0.2, 0.25) is 0 Å². The van der Waals surface area contributed by atoms with Gasteiger partial charge in [-0.15, -0.1) is 0 Å². The number of esters is 4. The highest BCUT2D eigenvalue weighted by Crippen LogP contribution is 2.54. The molecule has 0 aromatic rings. The van der Waals surface area contributed by atoms with Gasteiger partial charge in [-0.1, -0.05) is 18.6 Å². The molecule has 1 saturated heterocycles. The van der Waals surface area contributed by atoms with E-state index in [4.69, 9.17) is 18.9 Å². The Labute approximate surface area is 210 Å². The molecule has 1 aliphatic heterocycles. The topological polar surface area (TPSA) is 146 Å². The summed E-state index contributed by atoms with van der Waals surface area (Å²) in [5.74, 6) is -4.50. The molecule has 9 atom stereocenters. The van der Waals surface area contributed by atoms with E-state index >= 15 is 0 Å². The number of fused-ring (bicyclic) bond motifs is 2. The highest BCUT2D eigenvalue weighted by Gasteiger charge is 2.65. The van der Waals surface area contributed by atoms with Gasteiger partial charge in [0.15, 0.2) is 6.10 Å². The van der Waals surface area contributed by atoms with Crippen LogP contribution in [-0.2, 0) is 38.1 Å². The number of hydrogen-bond acceptors (Lipinski definition) is 10. The molecule has 1 heterocycles. The van der Waals surface area contributed by atoms with Gasteiger partial charge in [0.25, 0.3) is 0 Å². The molecule has 0 aromatic heterocycles. The van der Waals surface area contributed by atoms with Gasteiger partial charge in [0, 0.05) is 39.5 Å². The number of aliphatic hydroxyl groups excluding tert-OH is 1. The Morgan fingerprint density at radius 1 is 1.00 bits per heavy atom. The van der Waals surface area contributed by atoms with E-state index in [-0.39, 0.29) is 12.8 Å². The average molecular weight is 509 g/mol. The molecule has 0 aromatic carbocycles. The third-order valence-corrected chi connectivity index (χ3v) is 8.01. The summed E-state index contributed by atoms with van der Waals surface area (Å²) in [5.41, 5.74) is -2.25. The summed E-state index contributed by atoms with van der Waals surface area (Å²) in [7, 11) is 0. The summed E-state index contributed by atoms with van der Waals surface area (Å²) >= 11 is 0. The number of carbonyl (C=O) groups is 4. The van der Waals surface area contributed by atoms with Gasteiger partial charge in [-0.2, -0.15) is 0 Å². The van der Waals surface area contributed by atoms with Crippen LogP contribution in [0.4, 0.5) is 0 Å². The maximum Gasteiger partial charge on any atom is 0.312 e. The van der Waals surface area contributed by atoms with E-state index in [1.54, 1.807) is 26.8 Å². The highest BCUT2D eigenvalue weighted by molar-refractivity contribution is 5.77. The molecule has 0 saturated carbocycles. The summed E-state index contributed by atoms with van der Waals surface area (Å²) < 4.78 is 22.5. The molecule has 1 fully saturated rings. The van der Waals surface area contributed by atoms with E-state index in [1.807, 2.05) is 0 Å². The lowest BCUT2D eigenvalue weighted by molar-refractivity contribution is -0.208. The van der Waals surface area contributed by atoms with Crippen molar-refractivity contribution in [2.75, 3.05) is 0 Å². The zero-order chi connectivity index (χ0) is 27.2. The van der Waals surface area contributed by atoms with Gasteiger partial charge >= 0.3 is 23.9 Å². The first-order valence-electron chi connectivity index (χ1n) is 12.1. The number of rotatable bonds is 3. The average Bonchev–Trinajstić information content (AvgIpc) is 2.97. The molecule has 2 aliphatic carbocycles. The van der Waals surface area contributed by atoms with Crippen molar-refractivity contribution in [3.05, 3.63) is 23.3 Å². The number of aliphatic hydroxyl groups is 2. The second kappa shape index (κ2) is 9.97. The molecule has 36 heavy (non-hydrogen) atoms. The zero-order valence-corrected chi connectivity index (χ0v) is 21.8.